The molecular formula is C14H12N4O3S. The maximum Gasteiger partial charge on any atom is 0.277 e. The summed E-state index contributed by atoms with van der Waals surface area (Å²) in [6.45, 7) is 2.19. The highest BCUT2D eigenvalue weighted by molar-refractivity contribution is 7.14. The standard InChI is InChI=1S/C14H12N4O3S/c1-2-18-12(19)6-5-9(17-18)13(20)16-14-15-10(8-22-14)11-4-3-7-21-11/h3-8H,2H2,1H3,(H,15,16,20). The number of rotatable bonds is 4. The van der Waals surface area contributed by atoms with Gasteiger partial charge in [-0.2, -0.15) is 5.10 Å². The summed E-state index contributed by atoms with van der Waals surface area (Å²) in [4.78, 5) is 27.9. The molecule has 3 rings (SSSR count). The van der Waals surface area contributed by atoms with E-state index in [2.05, 4.69) is 15.4 Å². The van der Waals surface area contributed by atoms with Crippen LogP contribution in [0.1, 0.15) is 17.4 Å². The normalized spacial score (nSPS) is 10.6. The molecule has 1 N–H and O–H groups in total. The number of nitrogens with one attached hydrogen (secondary N) is 1. The van der Waals surface area contributed by atoms with Crippen molar-refractivity contribution in [1.82, 2.24) is 14.8 Å². The van der Waals surface area contributed by atoms with E-state index in [0.717, 1.165) is 0 Å². The lowest BCUT2D eigenvalue weighted by Crippen LogP contribution is -2.25. The first kappa shape index (κ1) is 14.2. The van der Waals surface area contributed by atoms with Crippen molar-refractivity contribution < 1.29 is 9.21 Å². The van der Waals surface area contributed by atoms with Crippen LogP contribution >= 0.6 is 11.3 Å². The molecule has 3 aromatic rings. The van der Waals surface area contributed by atoms with Crippen molar-refractivity contribution in [3.63, 3.8) is 0 Å². The van der Waals surface area contributed by atoms with Gasteiger partial charge in [-0.05, 0) is 25.1 Å². The third-order valence-corrected chi connectivity index (χ3v) is 3.65. The van der Waals surface area contributed by atoms with Gasteiger partial charge in [-0.15, -0.1) is 11.3 Å². The summed E-state index contributed by atoms with van der Waals surface area (Å²) in [6, 6.07) is 6.27. The quantitative estimate of drug-likeness (QED) is 0.797. The number of aromatic nitrogens is 3. The molecule has 0 fully saturated rings. The molecule has 7 nitrogen and oxygen atoms in total. The van der Waals surface area contributed by atoms with Gasteiger partial charge >= 0.3 is 0 Å². The Morgan fingerprint density at radius 3 is 3.00 bits per heavy atom. The largest absolute Gasteiger partial charge is 0.463 e. The zero-order valence-corrected chi connectivity index (χ0v) is 12.5. The van der Waals surface area contributed by atoms with Gasteiger partial charge in [0.15, 0.2) is 10.9 Å². The number of hydrogen-bond donors (Lipinski definition) is 1. The van der Waals surface area contributed by atoms with Crippen LogP contribution in [0.2, 0.25) is 0 Å². The van der Waals surface area contributed by atoms with Gasteiger partial charge in [0.2, 0.25) is 0 Å². The number of thiazole rings is 1. The van der Waals surface area contributed by atoms with Gasteiger partial charge in [0, 0.05) is 18.0 Å². The van der Waals surface area contributed by atoms with E-state index >= 15 is 0 Å². The summed E-state index contributed by atoms with van der Waals surface area (Å²) >= 11 is 1.28. The minimum absolute atomic E-state index is 0.163. The molecule has 0 radical (unpaired) electrons. The van der Waals surface area contributed by atoms with Crippen LogP contribution in [0.25, 0.3) is 11.5 Å². The van der Waals surface area contributed by atoms with Gasteiger partial charge in [0.1, 0.15) is 11.4 Å². The highest BCUT2D eigenvalue weighted by atomic mass is 32.1. The van der Waals surface area contributed by atoms with Gasteiger partial charge in [0.25, 0.3) is 11.5 Å². The molecule has 3 aromatic heterocycles. The van der Waals surface area contributed by atoms with Crippen LogP contribution in [0, 0.1) is 0 Å². The van der Waals surface area contributed by atoms with Crippen molar-refractivity contribution in [3.8, 4) is 11.5 Å². The molecule has 0 bridgehead atoms. The lowest BCUT2D eigenvalue weighted by Gasteiger charge is -2.04. The van der Waals surface area contributed by atoms with E-state index in [-0.39, 0.29) is 11.3 Å². The first-order valence-electron chi connectivity index (χ1n) is 6.56. The molecule has 3 heterocycles. The minimum Gasteiger partial charge on any atom is -0.463 e. The molecule has 0 aliphatic heterocycles. The molecule has 0 spiro atoms. The predicted molar refractivity (Wildman–Crippen MR) is 81.9 cm³/mol. The fraction of sp³-hybridized carbons (Fsp3) is 0.143. The number of carbonyl (C=O) groups excluding carboxylic acids is 1. The number of hydrogen-bond acceptors (Lipinski definition) is 6. The van der Waals surface area contributed by atoms with Crippen molar-refractivity contribution in [1.29, 1.82) is 0 Å². The highest BCUT2D eigenvalue weighted by Gasteiger charge is 2.13. The Morgan fingerprint density at radius 2 is 2.27 bits per heavy atom. The summed E-state index contributed by atoms with van der Waals surface area (Å²) in [6.07, 6.45) is 1.56. The maximum absolute atomic E-state index is 12.1. The van der Waals surface area contributed by atoms with Crippen LogP contribution in [0.5, 0.6) is 0 Å². The Morgan fingerprint density at radius 1 is 1.41 bits per heavy atom. The Kier molecular flexibility index (Phi) is 3.84. The summed E-state index contributed by atoms with van der Waals surface area (Å²) in [5.74, 6) is 0.219. The van der Waals surface area contributed by atoms with E-state index in [9.17, 15) is 9.59 Å². The average molecular weight is 316 g/mol. The fourth-order valence-electron chi connectivity index (χ4n) is 1.83. The summed E-state index contributed by atoms with van der Waals surface area (Å²) in [5.41, 5.74) is 0.571. The zero-order valence-electron chi connectivity index (χ0n) is 11.6. The predicted octanol–water partition coefficient (Wildman–Crippen LogP) is 2.23. The van der Waals surface area contributed by atoms with Gasteiger partial charge in [0.05, 0.1) is 6.26 Å². The van der Waals surface area contributed by atoms with E-state index in [4.69, 9.17) is 4.42 Å². The monoisotopic (exact) mass is 316 g/mol. The van der Waals surface area contributed by atoms with Crippen molar-refractivity contribution in [2.75, 3.05) is 5.32 Å². The van der Waals surface area contributed by atoms with E-state index in [1.165, 1.54) is 28.2 Å². The number of amides is 1. The third-order valence-electron chi connectivity index (χ3n) is 2.90. The molecule has 0 saturated carbocycles. The SMILES string of the molecule is CCn1nc(C(=O)Nc2nc(-c3ccco3)cs2)ccc1=O. The van der Waals surface area contributed by atoms with Crippen LogP contribution in [-0.2, 0) is 6.54 Å². The third kappa shape index (κ3) is 2.82. The summed E-state index contributed by atoms with van der Waals surface area (Å²) < 4.78 is 6.47. The van der Waals surface area contributed by atoms with Gasteiger partial charge in [-0.3, -0.25) is 14.9 Å². The first-order chi connectivity index (χ1) is 10.7. The van der Waals surface area contributed by atoms with Crippen LogP contribution in [-0.4, -0.2) is 20.7 Å². The van der Waals surface area contributed by atoms with Gasteiger partial charge < -0.3 is 4.42 Å². The number of nitrogens with zero attached hydrogens (tertiary/aromatic N) is 3. The second kappa shape index (κ2) is 5.94. The molecular weight excluding hydrogens is 304 g/mol. The molecule has 0 aliphatic rings. The van der Waals surface area contributed by atoms with Crippen molar-refractivity contribution in [2.45, 2.75) is 13.5 Å². The lowest BCUT2D eigenvalue weighted by molar-refractivity contribution is 0.102. The molecule has 0 atom stereocenters. The molecule has 112 valence electrons. The topological polar surface area (TPSA) is 90.0 Å². The zero-order chi connectivity index (χ0) is 15.5. The Hall–Kier alpha value is -2.74. The second-order valence-corrected chi connectivity index (χ2v) is 5.20. The highest BCUT2D eigenvalue weighted by Crippen LogP contribution is 2.25. The van der Waals surface area contributed by atoms with E-state index in [0.29, 0.717) is 23.1 Å². The summed E-state index contributed by atoms with van der Waals surface area (Å²) in [7, 11) is 0. The number of furan rings is 1. The van der Waals surface area contributed by atoms with Gasteiger partial charge in [-0.1, -0.05) is 0 Å². The van der Waals surface area contributed by atoms with Crippen LogP contribution < -0.4 is 10.9 Å². The van der Waals surface area contributed by atoms with Crippen LogP contribution in [0.4, 0.5) is 5.13 Å². The summed E-state index contributed by atoms with van der Waals surface area (Å²) in [5, 5.41) is 8.88. The van der Waals surface area contributed by atoms with Crippen LogP contribution in [0.15, 0.2) is 45.1 Å². The molecule has 1 amide bonds. The van der Waals surface area contributed by atoms with Crippen molar-refractivity contribution in [2.24, 2.45) is 0 Å². The van der Waals surface area contributed by atoms with Crippen molar-refractivity contribution in [3.05, 3.63) is 52.0 Å². The Bertz CT molecular complexity index is 851. The number of anilines is 1. The number of aryl methyl sites for hydroxylation is 1. The Balaban J connectivity index is 1.78. The van der Waals surface area contributed by atoms with E-state index in [1.807, 2.05) is 0 Å². The van der Waals surface area contributed by atoms with E-state index in [1.54, 1.807) is 30.7 Å². The maximum atomic E-state index is 12.1. The number of carbonyl (C=O) groups is 1. The smallest absolute Gasteiger partial charge is 0.277 e. The molecule has 0 saturated heterocycles. The molecule has 0 aliphatic carbocycles. The molecule has 8 heteroatoms. The first-order valence-corrected chi connectivity index (χ1v) is 7.44. The minimum atomic E-state index is -0.414. The van der Waals surface area contributed by atoms with Crippen LogP contribution in [0.3, 0.4) is 0 Å². The Labute approximate surface area is 129 Å². The van der Waals surface area contributed by atoms with E-state index < -0.39 is 5.91 Å². The lowest BCUT2D eigenvalue weighted by atomic mass is 10.3. The molecule has 0 unspecified atom stereocenters. The fourth-order valence-corrected chi connectivity index (χ4v) is 2.52. The van der Waals surface area contributed by atoms with Crippen molar-refractivity contribution >= 4 is 22.4 Å². The molecule has 22 heavy (non-hydrogen) atoms. The molecule has 0 aromatic carbocycles. The average Bonchev–Trinajstić information content (AvgIpc) is 3.18. The van der Waals surface area contributed by atoms with Gasteiger partial charge in [-0.25, -0.2) is 9.67 Å². The second-order valence-electron chi connectivity index (χ2n) is 4.34.